The second-order valence-corrected chi connectivity index (χ2v) is 6.80. The van der Waals surface area contributed by atoms with Crippen LogP contribution in [0.5, 0.6) is 5.75 Å². The van der Waals surface area contributed by atoms with E-state index >= 15 is 0 Å². The van der Waals surface area contributed by atoms with Gasteiger partial charge in [-0.2, -0.15) is 0 Å². The van der Waals surface area contributed by atoms with Gasteiger partial charge in [0.1, 0.15) is 18.5 Å². The van der Waals surface area contributed by atoms with Crippen molar-refractivity contribution in [2.75, 3.05) is 26.7 Å². The van der Waals surface area contributed by atoms with Crippen molar-refractivity contribution in [1.82, 2.24) is 10.2 Å². The highest BCUT2D eigenvalue weighted by Gasteiger charge is 2.28. The van der Waals surface area contributed by atoms with Gasteiger partial charge in [0.15, 0.2) is 0 Å². The predicted molar refractivity (Wildman–Crippen MR) is 90.3 cm³/mol. The van der Waals surface area contributed by atoms with E-state index in [1.54, 1.807) is 0 Å². The van der Waals surface area contributed by atoms with Crippen LogP contribution in [0.1, 0.15) is 25.8 Å². The Labute approximate surface area is 134 Å². The van der Waals surface area contributed by atoms with Crippen LogP contribution in [0.25, 0.3) is 0 Å². The van der Waals surface area contributed by atoms with Gasteiger partial charge in [0.25, 0.3) is 0 Å². The Morgan fingerprint density at radius 1 is 1.41 bits per heavy atom. The number of rotatable bonds is 6. The molecular weight excluding hydrogens is 276 g/mol. The van der Waals surface area contributed by atoms with Gasteiger partial charge >= 0.3 is 0 Å². The highest BCUT2D eigenvalue weighted by Crippen LogP contribution is 2.20. The fourth-order valence-corrected chi connectivity index (χ4v) is 3.07. The number of hydrogen-bond acceptors (Lipinski definition) is 4. The SMILES string of the molecule is Cc1cccc(OCC(O)CNC2CC(C)N(C)CC2C)c1. The summed E-state index contributed by atoms with van der Waals surface area (Å²) in [5.74, 6) is 1.42. The maximum Gasteiger partial charge on any atom is 0.119 e. The van der Waals surface area contributed by atoms with Gasteiger partial charge in [-0.15, -0.1) is 0 Å². The molecule has 2 rings (SSSR count). The number of benzene rings is 1. The third-order valence-corrected chi connectivity index (χ3v) is 4.66. The lowest BCUT2D eigenvalue weighted by Crippen LogP contribution is -2.52. The van der Waals surface area contributed by atoms with Gasteiger partial charge in [-0.05, 0) is 50.9 Å². The van der Waals surface area contributed by atoms with Crippen molar-refractivity contribution in [1.29, 1.82) is 0 Å². The maximum absolute atomic E-state index is 10.1. The summed E-state index contributed by atoms with van der Waals surface area (Å²) in [6, 6.07) is 8.98. The zero-order valence-electron chi connectivity index (χ0n) is 14.2. The van der Waals surface area contributed by atoms with Crippen LogP contribution < -0.4 is 10.1 Å². The van der Waals surface area contributed by atoms with Crippen LogP contribution in [0.15, 0.2) is 24.3 Å². The summed E-state index contributed by atoms with van der Waals surface area (Å²) in [6.07, 6.45) is 0.644. The zero-order chi connectivity index (χ0) is 16.1. The molecule has 1 saturated heterocycles. The molecule has 124 valence electrons. The Kier molecular flexibility index (Phi) is 6.24. The molecule has 1 fully saturated rings. The van der Waals surface area contributed by atoms with Gasteiger partial charge in [0.05, 0.1) is 0 Å². The molecule has 1 aliphatic rings. The van der Waals surface area contributed by atoms with E-state index in [4.69, 9.17) is 4.74 Å². The zero-order valence-corrected chi connectivity index (χ0v) is 14.2. The summed E-state index contributed by atoms with van der Waals surface area (Å²) in [7, 11) is 2.18. The fourth-order valence-electron chi connectivity index (χ4n) is 3.07. The van der Waals surface area contributed by atoms with Gasteiger partial charge in [-0.3, -0.25) is 0 Å². The lowest BCUT2D eigenvalue weighted by Gasteiger charge is -2.40. The Bertz CT molecular complexity index is 466. The minimum atomic E-state index is -0.484. The second kappa shape index (κ2) is 7.95. The third kappa shape index (κ3) is 4.97. The van der Waals surface area contributed by atoms with Gasteiger partial charge in [-0.1, -0.05) is 19.1 Å². The summed E-state index contributed by atoms with van der Waals surface area (Å²) in [4.78, 5) is 2.40. The fraction of sp³-hybridized carbons (Fsp3) is 0.667. The number of nitrogens with one attached hydrogen (secondary N) is 1. The van der Waals surface area contributed by atoms with E-state index in [0.29, 0.717) is 31.2 Å². The molecule has 4 atom stereocenters. The Balaban J connectivity index is 1.72. The molecule has 0 saturated carbocycles. The molecule has 0 radical (unpaired) electrons. The second-order valence-electron chi connectivity index (χ2n) is 6.80. The molecule has 0 spiro atoms. The first-order chi connectivity index (χ1) is 10.5. The normalized spacial score (nSPS) is 27.6. The van der Waals surface area contributed by atoms with Crippen LogP contribution in [0.2, 0.25) is 0 Å². The Hall–Kier alpha value is -1.10. The van der Waals surface area contributed by atoms with Gasteiger partial charge in [0.2, 0.25) is 0 Å². The number of nitrogens with zero attached hydrogens (tertiary/aromatic N) is 1. The van der Waals surface area contributed by atoms with Crippen molar-refractivity contribution in [3.63, 3.8) is 0 Å². The molecule has 1 aromatic rings. The quantitative estimate of drug-likeness (QED) is 0.844. The minimum Gasteiger partial charge on any atom is -0.491 e. The topological polar surface area (TPSA) is 44.7 Å². The highest BCUT2D eigenvalue weighted by molar-refractivity contribution is 5.27. The van der Waals surface area contributed by atoms with Crippen LogP contribution in [-0.4, -0.2) is 54.9 Å². The average molecular weight is 306 g/mol. The van der Waals surface area contributed by atoms with E-state index in [2.05, 4.69) is 31.1 Å². The number of aliphatic hydroxyl groups excluding tert-OH is 1. The Morgan fingerprint density at radius 3 is 2.91 bits per heavy atom. The Morgan fingerprint density at radius 2 is 2.18 bits per heavy atom. The monoisotopic (exact) mass is 306 g/mol. The maximum atomic E-state index is 10.1. The van der Waals surface area contributed by atoms with E-state index in [1.165, 1.54) is 5.56 Å². The molecule has 0 aliphatic carbocycles. The molecular formula is C18H30N2O2. The molecule has 4 heteroatoms. The van der Waals surface area contributed by atoms with E-state index in [-0.39, 0.29) is 0 Å². The summed E-state index contributed by atoms with van der Waals surface area (Å²) < 4.78 is 5.66. The number of piperidine rings is 1. The summed E-state index contributed by atoms with van der Waals surface area (Å²) >= 11 is 0. The number of aliphatic hydroxyl groups is 1. The van der Waals surface area contributed by atoms with Crippen molar-refractivity contribution < 1.29 is 9.84 Å². The largest absolute Gasteiger partial charge is 0.491 e. The van der Waals surface area contributed by atoms with Crippen LogP contribution in [0.4, 0.5) is 0 Å². The summed E-state index contributed by atoms with van der Waals surface area (Å²) in [6.45, 7) is 8.58. The van der Waals surface area contributed by atoms with E-state index in [9.17, 15) is 5.11 Å². The first-order valence-corrected chi connectivity index (χ1v) is 8.27. The molecule has 0 aromatic heterocycles. The van der Waals surface area contributed by atoms with E-state index < -0.39 is 6.10 Å². The molecule has 0 bridgehead atoms. The highest BCUT2D eigenvalue weighted by atomic mass is 16.5. The van der Waals surface area contributed by atoms with Crippen LogP contribution in [0.3, 0.4) is 0 Å². The van der Waals surface area contributed by atoms with Gasteiger partial charge in [0, 0.05) is 25.2 Å². The molecule has 2 N–H and O–H groups in total. The van der Waals surface area contributed by atoms with Crippen molar-refractivity contribution in [2.45, 2.75) is 45.4 Å². The summed E-state index contributed by atoms with van der Waals surface area (Å²) in [5, 5.41) is 13.6. The molecule has 22 heavy (non-hydrogen) atoms. The molecule has 1 aliphatic heterocycles. The minimum absolute atomic E-state index is 0.326. The molecule has 1 aromatic carbocycles. The lowest BCUT2D eigenvalue weighted by molar-refractivity contribution is 0.0827. The number of ether oxygens (including phenoxy) is 1. The van der Waals surface area contributed by atoms with Crippen molar-refractivity contribution in [3.05, 3.63) is 29.8 Å². The van der Waals surface area contributed by atoms with Gasteiger partial charge < -0.3 is 20.1 Å². The number of hydrogen-bond donors (Lipinski definition) is 2. The third-order valence-electron chi connectivity index (χ3n) is 4.66. The molecule has 4 nitrogen and oxygen atoms in total. The molecule has 0 amide bonds. The van der Waals surface area contributed by atoms with Crippen molar-refractivity contribution >= 4 is 0 Å². The average Bonchev–Trinajstić information content (AvgIpc) is 2.47. The molecule has 4 unspecified atom stereocenters. The van der Waals surface area contributed by atoms with Gasteiger partial charge in [-0.25, -0.2) is 0 Å². The molecule has 1 heterocycles. The van der Waals surface area contributed by atoms with E-state index in [1.807, 2.05) is 31.2 Å². The number of aryl methyl sites for hydroxylation is 1. The predicted octanol–water partition coefficient (Wildman–Crippen LogP) is 2.05. The van der Waals surface area contributed by atoms with Crippen LogP contribution in [0, 0.1) is 12.8 Å². The van der Waals surface area contributed by atoms with Crippen LogP contribution in [-0.2, 0) is 0 Å². The lowest BCUT2D eigenvalue weighted by atomic mass is 9.90. The van der Waals surface area contributed by atoms with E-state index in [0.717, 1.165) is 18.7 Å². The van der Waals surface area contributed by atoms with Crippen molar-refractivity contribution in [2.24, 2.45) is 5.92 Å². The summed E-state index contributed by atoms with van der Waals surface area (Å²) in [5.41, 5.74) is 1.17. The van der Waals surface area contributed by atoms with Crippen LogP contribution >= 0.6 is 0 Å². The van der Waals surface area contributed by atoms with Crippen molar-refractivity contribution in [3.8, 4) is 5.75 Å². The first kappa shape index (κ1) is 17.3. The standard InChI is InChI=1S/C18H30N2O2/c1-13-6-5-7-17(8-13)22-12-16(21)10-19-18-9-15(3)20(4)11-14(18)2/h5-8,14-16,18-19,21H,9-12H2,1-4H3. The first-order valence-electron chi connectivity index (χ1n) is 8.27. The number of likely N-dealkylation sites (tertiary alicyclic amines) is 1. The smallest absolute Gasteiger partial charge is 0.119 e.